The summed E-state index contributed by atoms with van der Waals surface area (Å²) < 4.78 is 0. The van der Waals surface area contributed by atoms with Crippen molar-refractivity contribution in [1.82, 2.24) is 5.06 Å². The third kappa shape index (κ3) is 19.3. The van der Waals surface area contributed by atoms with Crippen molar-refractivity contribution in [3.63, 3.8) is 0 Å². The van der Waals surface area contributed by atoms with Gasteiger partial charge < -0.3 is 10.6 Å². The first-order valence-electron chi connectivity index (χ1n) is 10.6. The van der Waals surface area contributed by atoms with Gasteiger partial charge in [0.05, 0.1) is 0 Å². The molecule has 0 heterocycles. The first-order valence-corrected chi connectivity index (χ1v) is 10.6. The molecule has 2 N–H and O–H groups in total. The number of nitrogens with zero attached hydrogens (tertiary/aromatic N) is 1. The number of carbonyl (C=O) groups excluding carboxylic acids is 1. The molecule has 4 heteroatoms. The van der Waals surface area contributed by atoms with Crippen LogP contribution in [-0.2, 0) is 9.63 Å². The lowest BCUT2D eigenvalue weighted by molar-refractivity contribution is -0.173. The minimum Gasteiger partial charge on any atom is -0.371 e. The first-order chi connectivity index (χ1) is 12.3. The van der Waals surface area contributed by atoms with Crippen LogP contribution in [0.5, 0.6) is 0 Å². The molecule has 4 nitrogen and oxygen atoms in total. The van der Waals surface area contributed by atoms with Crippen molar-refractivity contribution in [2.75, 3.05) is 19.6 Å². The minimum absolute atomic E-state index is 0.482. The summed E-state index contributed by atoms with van der Waals surface area (Å²) >= 11 is 0. The molecular weight excluding hydrogens is 312 g/mol. The largest absolute Gasteiger partial charge is 0.371 e. The van der Waals surface area contributed by atoms with Gasteiger partial charge >= 0.3 is 6.47 Å². The molecular formula is C21H42N2O2. The molecule has 0 spiro atoms. The highest BCUT2D eigenvalue weighted by Crippen LogP contribution is 2.10. The fourth-order valence-electron chi connectivity index (χ4n) is 2.96. The Morgan fingerprint density at radius 3 is 1.80 bits per heavy atom. The van der Waals surface area contributed by atoms with Gasteiger partial charge in [-0.25, -0.2) is 0 Å². The maximum absolute atomic E-state index is 10.4. The van der Waals surface area contributed by atoms with Crippen molar-refractivity contribution >= 4 is 6.47 Å². The predicted molar refractivity (Wildman–Crippen MR) is 107 cm³/mol. The van der Waals surface area contributed by atoms with E-state index in [4.69, 9.17) is 10.6 Å². The first kappa shape index (κ1) is 24.1. The summed E-state index contributed by atoms with van der Waals surface area (Å²) in [4.78, 5) is 15.2. The Hall–Kier alpha value is -0.870. The fraction of sp³-hybridized carbons (Fsp3) is 0.857. The third-order valence-corrected chi connectivity index (χ3v) is 4.49. The van der Waals surface area contributed by atoms with Crippen molar-refractivity contribution in [3.8, 4) is 0 Å². The number of unbranched alkanes of at least 4 members (excludes halogenated alkanes) is 12. The molecule has 0 unspecified atom stereocenters. The Bertz CT molecular complexity index is 296. The van der Waals surface area contributed by atoms with Gasteiger partial charge in [0.25, 0.3) is 0 Å². The molecule has 0 saturated heterocycles. The number of hydroxylamine groups is 2. The van der Waals surface area contributed by atoms with E-state index in [0.717, 1.165) is 13.0 Å². The smallest absolute Gasteiger partial charge is 0.312 e. The zero-order chi connectivity index (χ0) is 18.4. The molecule has 0 aliphatic carbocycles. The topological polar surface area (TPSA) is 55.6 Å². The van der Waals surface area contributed by atoms with Gasteiger partial charge in [-0.1, -0.05) is 76.9 Å². The lowest BCUT2D eigenvalue weighted by atomic mass is 10.1. The summed E-state index contributed by atoms with van der Waals surface area (Å²) in [7, 11) is 0. The van der Waals surface area contributed by atoms with Gasteiger partial charge in [-0.3, -0.25) is 4.79 Å². The molecule has 0 aromatic heterocycles. The SMILES string of the molecule is CCCCCCCC/C=C\CCCCCCCCN(CCN)OC=O. The summed E-state index contributed by atoms with van der Waals surface area (Å²) in [6.07, 6.45) is 23.0. The fourth-order valence-corrected chi connectivity index (χ4v) is 2.96. The summed E-state index contributed by atoms with van der Waals surface area (Å²) in [5, 5.41) is 1.65. The highest BCUT2D eigenvalue weighted by molar-refractivity contribution is 5.36. The molecule has 0 bridgehead atoms. The van der Waals surface area contributed by atoms with E-state index >= 15 is 0 Å². The quantitative estimate of drug-likeness (QED) is 0.138. The van der Waals surface area contributed by atoms with E-state index < -0.39 is 0 Å². The lowest BCUT2D eigenvalue weighted by Gasteiger charge is -2.17. The molecule has 0 radical (unpaired) electrons. The second kappa shape index (κ2) is 21.2. The van der Waals surface area contributed by atoms with E-state index in [1.54, 1.807) is 5.06 Å². The van der Waals surface area contributed by atoms with Crippen LogP contribution in [0.15, 0.2) is 12.2 Å². The molecule has 148 valence electrons. The lowest BCUT2D eigenvalue weighted by Crippen LogP contribution is -2.30. The van der Waals surface area contributed by atoms with Crippen LogP contribution in [0, 0.1) is 0 Å². The van der Waals surface area contributed by atoms with Gasteiger partial charge in [-0.15, -0.1) is 5.06 Å². The Kier molecular flexibility index (Phi) is 20.4. The Morgan fingerprint density at radius 1 is 0.760 bits per heavy atom. The Labute approximate surface area is 156 Å². The number of carbonyl (C=O) groups is 1. The highest BCUT2D eigenvalue weighted by atomic mass is 16.7. The second-order valence-electron chi connectivity index (χ2n) is 6.86. The van der Waals surface area contributed by atoms with Crippen LogP contribution in [0.25, 0.3) is 0 Å². The molecule has 0 aromatic rings. The molecule has 25 heavy (non-hydrogen) atoms. The van der Waals surface area contributed by atoms with E-state index in [2.05, 4.69) is 19.1 Å². The average molecular weight is 355 g/mol. The summed E-state index contributed by atoms with van der Waals surface area (Å²) in [6, 6.07) is 0. The summed E-state index contributed by atoms with van der Waals surface area (Å²) in [5.41, 5.74) is 5.48. The van der Waals surface area contributed by atoms with Crippen LogP contribution in [-0.4, -0.2) is 31.2 Å². The minimum atomic E-state index is 0.482. The molecule has 0 atom stereocenters. The number of hydrogen-bond donors (Lipinski definition) is 1. The molecule has 0 aliphatic rings. The van der Waals surface area contributed by atoms with Crippen LogP contribution >= 0.6 is 0 Å². The van der Waals surface area contributed by atoms with E-state index in [1.165, 1.54) is 83.5 Å². The zero-order valence-corrected chi connectivity index (χ0v) is 16.6. The van der Waals surface area contributed by atoms with Crippen molar-refractivity contribution < 1.29 is 9.63 Å². The van der Waals surface area contributed by atoms with Gasteiger partial charge in [0, 0.05) is 19.6 Å². The van der Waals surface area contributed by atoms with Gasteiger partial charge in [0.1, 0.15) is 0 Å². The Morgan fingerprint density at radius 2 is 1.28 bits per heavy atom. The maximum atomic E-state index is 10.4. The van der Waals surface area contributed by atoms with Crippen molar-refractivity contribution in [3.05, 3.63) is 12.2 Å². The predicted octanol–water partition coefficient (Wildman–Crippen LogP) is 5.37. The molecule has 0 rings (SSSR count). The Balaban J connectivity index is 3.24. The van der Waals surface area contributed by atoms with Gasteiger partial charge in [0.15, 0.2) is 0 Å². The van der Waals surface area contributed by atoms with Gasteiger partial charge in [0.2, 0.25) is 0 Å². The second-order valence-corrected chi connectivity index (χ2v) is 6.86. The number of hydrogen-bond acceptors (Lipinski definition) is 4. The molecule has 0 saturated carbocycles. The highest BCUT2D eigenvalue weighted by Gasteiger charge is 2.03. The van der Waals surface area contributed by atoms with Crippen LogP contribution in [0.4, 0.5) is 0 Å². The standard InChI is InChI=1S/C21H42N2O2/c1-2-3-4-5-6-7-8-9-10-11-12-13-14-15-16-17-19-23(20-18-22)25-21-24/h9-10,21H,2-8,11-20,22H2,1H3/b10-9-. The van der Waals surface area contributed by atoms with Crippen LogP contribution in [0.2, 0.25) is 0 Å². The van der Waals surface area contributed by atoms with Crippen LogP contribution < -0.4 is 5.73 Å². The van der Waals surface area contributed by atoms with E-state index in [1.807, 2.05) is 0 Å². The maximum Gasteiger partial charge on any atom is 0.312 e. The van der Waals surface area contributed by atoms with E-state index in [9.17, 15) is 4.79 Å². The summed E-state index contributed by atoms with van der Waals surface area (Å²) in [6.45, 7) is 4.67. The van der Waals surface area contributed by atoms with Crippen molar-refractivity contribution in [2.45, 2.75) is 96.8 Å². The third-order valence-electron chi connectivity index (χ3n) is 4.49. The average Bonchev–Trinajstić information content (AvgIpc) is 2.61. The van der Waals surface area contributed by atoms with Gasteiger partial charge in [-0.05, 0) is 32.1 Å². The normalized spacial score (nSPS) is 11.5. The van der Waals surface area contributed by atoms with Crippen LogP contribution in [0.3, 0.4) is 0 Å². The number of rotatable bonds is 20. The molecule has 0 aromatic carbocycles. The number of nitrogens with two attached hydrogens (primary N) is 1. The summed E-state index contributed by atoms with van der Waals surface area (Å²) in [5.74, 6) is 0. The molecule has 0 aliphatic heterocycles. The zero-order valence-electron chi connectivity index (χ0n) is 16.6. The van der Waals surface area contributed by atoms with E-state index in [-0.39, 0.29) is 0 Å². The van der Waals surface area contributed by atoms with Crippen molar-refractivity contribution in [2.24, 2.45) is 5.73 Å². The van der Waals surface area contributed by atoms with Crippen LogP contribution in [0.1, 0.15) is 96.8 Å². The number of allylic oxidation sites excluding steroid dienone is 2. The van der Waals surface area contributed by atoms with Crippen molar-refractivity contribution in [1.29, 1.82) is 0 Å². The molecule has 0 amide bonds. The molecule has 0 fully saturated rings. The van der Waals surface area contributed by atoms with Gasteiger partial charge in [-0.2, -0.15) is 0 Å². The monoisotopic (exact) mass is 354 g/mol. The van der Waals surface area contributed by atoms with E-state index in [0.29, 0.717) is 19.6 Å².